The van der Waals surface area contributed by atoms with Gasteiger partial charge >= 0.3 is 5.97 Å². The molecule has 0 heterocycles. The number of carbonyl (C=O) groups is 1. The Kier molecular flexibility index (Phi) is 1.36. The van der Waals surface area contributed by atoms with E-state index in [1.165, 1.54) is 12.8 Å². The molecule has 4 aliphatic carbocycles. The Bertz CT molecular complexity index is 266. The number of carboxylic acid groups (broad SMARTS) is 1. The number of hydrogen-bond donors (Lipinski definition) is 2. The van der Waals surface area contributed by atoms with Crippen molar-refractivity contribution < 1.29 is 9.90 Å². The molecule has 4 aliphatic rings. The summed E-state index contributed by atoms with van der Waals surface area (Å²) in [5.41, 5.74) is 6.00. The maximum Gasteiger partial charge on any atom is 0.308 e. The molecule has 6 atom stereocenters. The predicted molar refractivity (Wildman–Crippen MR) is 46.9 cm³/mol. The number of aliphatic carboxylic acids is 1. The summed E-state index contributed by atoms with van der Waals surface area (Å²) < 4.78 is 0. The first-order valence-electron chi connectivity index (χ1n) is 5.18. The van der Waals surface area contributed by atoms with Crippen LogP contribution in [0.5, 0.6) is 0 Å². The van der Waals surface area contributed by atoms with Gasteiger partial charge < -0.3 is 10.8 Å². The van der Waals surface area contributed by atoms with Gasteiger partial charge in [0.25, 0.3) is 0 Å². The second-order valence-electron chi connectivity index (χ2n) is 4.91. The van der Waals surface area contributed by atoms with E-state index in [2.05, 4.69) is 0 Å². The molecule has 0 spiro atoms. The molecule has 3 nitrogen and oxygen atoms in total. The topological polar surface area (TPSA) is 63.3 Å². The van der Waals surface area contributed by atoms with Crippen molar-refractivity contribution in [3.63, 3.8) is 0 Å². The van der Waals surface area contributed by atoms with Crippen LogP contribution in [0.15, 0.2) is 0 Å². The molecule has 0 aromatic heterocycles. The first-order chi connectivity index (χ1) is 6.20. The van der Waals surface area contributed by atoms with Gasteiger partial charge in [-0.3, -0.25) is 4.79 Å². The van der Waals surface area contributed by atoms with Gasteiger partial charge in [0.15, 0.2) is 0 Å². The van der Waals surface area contributed by atoms with E-state index in [0.29, 0.717) is 11.8 Å². The van der Waals surface area contributed by atoms with Crippen molar-refractivity contribution in [2.75, 3.05) is 0 Å². The summed E-state index contributed by atoms with van der Waals surface area (Å²) in [7, 11) is 0. The molecule has 13 heavy (non-hydrogen) atoms. The lowest BCUT2D eigenvalue weighted by Gasteiger charge is -2.44. The summed E-state index contributed by atoms with van der Waals surface area (Å²) in [6.45, 7) is 0. The van der Waals surface area contributed by atoms with Crippen molar-refractivity contribution in [2.45, 2.75) is 25.3 Å². The van der Waals surface area contributed by atoms with Gasteiger partial charge in [-0.1, -0.05) is 0 Å². The molecule has 0 aromatic rings. The van der Waals surface area contributed by atoms with Crippen LogP contribution in [0.1, 0.15) is 19.3 Å². The first kappa shape index (κ1) is 7.80. The van der Waals surface area contributed by atoms with Gasteiger partial charge in [0.2, 0.25) is 0 Å². The smallest absolute Gasteiger partial charge is 0.308 e. The Labute approximate surface area is 77.3 Å². The summed E-state index contributed by atoms with van der Waals surface area (Å²) in [5, 5.41) is 9.09. The zero-order chi connectivity index (χ0) is 9.16. The van der Waals surface area contributed by atoms with Crippen LogP contribution in [0, 0.1) is 29.6 Å². The second-order valence-corrected chi connectivity index (χ2v) is 4.91. The van der Waals surface area contributed by atoms with Crippen LogP contribution >= 0.6 is 0 Å². The van der Waals surface area contributed by atoms with Crippen molar-refractivity contribution in [2.24, 2.45) is 35.3 Å². The van der Waals surface area contributed by atoms with Crippen molar-refractivity contribution in [3.8, 4) is 0 Å². The molecular weight excluding hydrogens is 166 g/mol. The maximum absolute atomic E-state index is 11.0. The minimum Gasteiger partial charge on any atom is -0.481 e. The van der Waals surface area contributed by atoms with Crippen LogP contribution in [0.25, 0.3) is 0 Å². The summed E-state index contributed by atoms with van der Waals surface area (Å²) in [6.07, 6.45) is 3.54. The fourth-order valence-corrected chi connectivity index (χ4v) is 3.86. The van der Waals surface area contributed by atoms with Crippen LogP contribution in [0.3, 0.4) is 0 Å². The van der Waals surface area contributed by atoms with Gasteiger partial charge in [-0.25, -0.2) is 0 Å². The minimum absolute atomic E-state index is 0.0556. The lowest BCUT2D eigenvalue weighted by molar-refractivity contribution is -0.149. The largest absolute Gasteiger partial charge is 0.481 e. The molecule has 72 valence electrons. The Morgan fingerprint density at radius 2 is 1.77 bits per heavy atom. The quantitative estimate of drug-likeness (QED) is 0.625. The molecule has 0 unspecified atom stereocenters. The monoisotopic (exact) mass is 181 g/mol. The highest BCUT2D eigenvalue weighted by Gasteiger charge is 2.62. The fraction of sp³-hybridized carbons (Fsp3) is 0.900. The second kappa shape index (κ2) is 2.27. The number of nitrogens with two attached hydrogens (primary N) is 1. The highest BCUT2D eigenvalue weighted by atomic mass is 16.4. The normalized spacial score (nSPS) is 57.3. The van der Waals surface area contributed by atoms with Crippen molar-refractivity contribution in [1.82, 2.24) is 0 Å². The van der Waals surface area contributed by atoms with Gasteiger partial charge in [-0.05, 0) is 42.9 Å². The van der Waals surface area contributed by atoms with Crippen molar-refractivity contribution in [1.29, 1.82) is 0 Å². The highest BCUT2D eigenvalue weighted by Crippen LogP contribution is 2.63. The van der Waals surface area contributed by atoms with Gasteiger partial charge in [-0.15, -0.1) is 0 Å². The van der Waals surface area contributed by atoms with E-state index in [1.54, 1.807) is 0 Å². The van der Waals surface area contributed by atoms with Crippen LogP contribution < -0.4 is 5.73 Å². The zero-order valence-corrected chi connectivity index (χ0v) is 7.52. The third-order valence-corrected chi connectivity index (χ3v) is 4.48. The molecule has 4 fully saturated rings. The number of carboxylic acids is 1. The van der Waals surface area contributed by atoms with Crippen molar-refractivity contribution >= 4 is 5.97 Å². The number of rotatable bonds is 1. The molecule has 0 amide bonds. The average molecular weight is 181 g/mol. The van der Waals surface area contributed by atoms with E-state index in [-0.39, 0.29) is 12.0 Å². The molecule has 4 saturated carbocycles. The molecule has 2 bridgehead atoms. The molecule has 0 saturated heterocycles. The lowest BCUT2D eigenvalue weighted by atomic mass is 9.62. The van der Waals surface area contributed by atoms with E-state index >= 15 is 0 Å². The molecule has 3 N–H and O–H groups in total. The van der Waals surface area contributed by atoms with Gasteiger partial charge in [0.05, 0.1) is 5.92 Å². The minimum atomic E-state index is -0.660. The van der Waals surface area contributed by atoms with Crippen LogP contribution in [-0.4, -0.2) is 17.1 Å². The Morgan fingerprint density at radius 3 is 2.46 bits per heavy atom. The lowest BCUT2D eigenvalue weighted by Crippen LogP contribution is -2.53. The Morgan fingerprint density at radius 1 is 1.15 bits per heavy atom. The molecular formula is C10H15NO2. The van der Waals surface area contributed by atoms with Crippen LogP contribution in [-0.2, 0) is 4.79 Å². The summed E-state index contributed by atoms with van der Waals surface area (Å²) in [5.74, 6) is 1.55. The van der Waals surface area contributed by atoms with Crippen molar-refractivity contribution in [3.05, 3.63) is 0 Å². The van der Waals surface area contributed by atoms with Crippen LogP contribution in [0.2, 0.25) is 0 Å². The Hall–Kier alpha value is -0.570. The van der Waals surface area contributed by atoms with E-state index in [0.717, 1.165) is 18.3 Å². The zero-order valence-electron chi connectivity index (χ0n) is 7.52. The molecule has 4 rings (SSSR count). The van der Waals surface area contributed by atoms with E-state index in [1.807, 2.05) is 0 Å². The third-order valence-electron chi connectivity index (χ3n) is 4.48. The molecule has 0 aromatic carbocycles. The van der Waals surface area contributed by atoms with E-state index in [9.17, 15) is 4.79 Å². The summed E-state index contributed by atoms with van der Waals surface area (Å²) in [4.78, 5) is 11.0. The van der Waals surface area contributed by atoms with E-state index in [4.69, 9.17) is 10.8 Å². The fourth-order valence-electron chi connectivity index (χ4n) is 3.86. The van der Waals surface area contributed by atoms with E-state index < -0.39 is 5.97 Å². The molecule has 0 aliphatic heterocycles. The molecule has 3 heteroatoms. The predicted octanol–water partition coefficient (Wildman–Crippen LogP) is 0.690. The van der Waals surface area contributed by atoms with Gasteiger partial charge in [0, 0.05) is 6.04 Å². The molecule has 0 radical (unpaired) electrons. The first-order valence-corrected chi connectivity index (χ1v) is 5.18. The SMILES string of the molecule is N[C@H]1[C@@H]2CC[C@@H]([C@H]3C[C@H]32)[C@H]1C(=O)O. The van der Waals surface area contributed by atoms with Gasteiger partial charge in [0.1, 0.15) is 0 Å². The standard InChI is InChI=1S/C10H15NO2/c11-9-5-2-1-4(6-3-7(5)6)8(9)10(12)13/h4-9H,1-3,11H2,(H,12,13)/t4-,5+,6+,7-,8+,9-/m0/s1. The summed E-state index contributed by atoms with van der Waals surface area (Å²) in [6, 6.07) is -0.0556. The third kappa shape index (κ3) is 0.857. The number of hydrogen-bond acceptors (Lipinski definition) is 2. The Balaban J connectivity index is 1.93. The highest BCUT2D eigenvalue weighted by molar-refractivity contribution is 5.72. The summed E-state index contributed by atoms with van der Waals surface area (Å²) >= 11 is 0. The van der Waals surface area contributed by atoms with Crippen LogP contribution in [0.4, 0.5) is 0 Å². The maximum atomic E-state index is 11.0. The average Bonchev–Trinajstić information content (AvgIpc) is 2.83. The van der Waals surface area contributed by atoms with Gasteiger partial charge in [-0.2, -0.15) is 0 Å². The number of fused-ring (bicyclic) bond motifs is 2.